The van der Waals surface area contributed by atoms with Crippen LogP contribution in [0, 0.1) is 25.5 Å². The molecule has 0 atom stereocenters. The molecule has 7 heteroatoms. The maximum Gasteiger partial charge on any atom is 0.264 e. The van der Waals surface area contributed by atoms with Gasteiger partial charge in [-0.25, -0.2) is 17.2 Å². The van der Waals surface area contributed by atoms with Crippen molar-refractivity contribution in [2.24, 2.45) is 0 Å². The summed E-state index contributed by atoms with van der Waals surface area (Å²) in [5.41, 5.74) is 6.84. The molecule has 2 rings (SSSR count). The average Bonchev–Trinajstić information content (AvgIpc) is 2.37. The van der Waals surface area contributed by atoms with Gasteiger partial charge < -0.3 is 5.73 Å². The minimum absolute atomic E-state index is 0.322. The molecule has 112 valence electrons. The molecule has 0 radical (unpaired) electrons. The predicted molar refractivity (Wildman–Crippen MR) is 77.5 cm³/mol. The zero-order chi connectivity index (χ0) is 15.8. The highest BCUT2D eigenvalue weighted by molar-refractivity contribution is 7.92. The number of aryl methyl sites for hydroxylation is 2. The zero-order valence-electron chi connectivity index (χ0n) is 11.4. The van der Waals surface area contributed by atoms with Crippen LogP contribution < -0.4 is 10.5 Å². The fraction of sp³-hybridized carbons (Fsp3) is 0.143. The Morgan fingerprint density at radius 1 is 1.05 bits per heavy atom. The lowest BCUT2D eigenvalue weighted by Crippen LogP contribution is -2.16. The number of halogens is 2. The molecular formula is C14H14F2N2O2S. The third kappa shape index (κ3) is 3.13. The lowest BCUT2D eigenvalue weighted by Gasteiger charge is -2.12. The molecule has 0 saturated carbocycles. The van der Waals surface area contributed by atoms with Gasteiger partial charge in [0.1, 0.15) is 16.5 Å². The molecule has 0 heterocycles. The van der Waals surface area contributed by atoms with Crippen molar-refractivity contribution in [2.75, 3.05) is 10.5 Å². The molecule has 21 heavy (non-hydrogen) atoms. The van der Waals surface area contributed by atoms with Gasteiger partial charge in [0.2, 0.25) is 0 Å². The van der Waals surface area contributed by atoms with Crippen LogP contribution in [0.5, 0.6) is 0 Å². The highest BCUT2D eigenvalue weighted by Crippen LogP contribution is 2.25. The summed E-state index contributed by atoms with van der Waals surface area (Å²) >= 11 is 0. The number of hydrogen-bond acceptors (Lipinski definition) is 3. The first-order chi connectivity index (χ1) is 9.70. The van der Waals surface area contributed by atoms with Crippen LogP contribution in [-0.4, -0.2) is 8.42 Å². The van der Waals surface area contributed by atoms with Crippen LogP contribution in [0.3, 0.4) is 0 Å². The molecule has 0 aliphatic heterocycles. The van der Waals surface area contributed by atoms with E-state index < -0.39 is 32.2 Å². The highest BCUT2D eigenvalue weighted by Gasteiger charge is 2.22. The SMILES string of the molecule is Cc1ccc(NS(=O)(=O)c2cc(N)c(F)cc2F)c(C)c1. The van der Waals surface area contributed by atoms with E-state index in [-0.39, 0.29) is 0 Å². The summed E-state index contributed by atoms with van der Waals surface area (Å²) < 4.78 is 53.4. The van der Waals surface area contributed by atoms with Crippen molar-refractivity contribution < 1.29 is 17.2 Å². The summed E-state index contributed by atoms with van der Waals surface area (Å²) in [6.45, 7) is 3.59. The van der Waals surface area contributed by atoms with Crippen molar-refractivity contribution in [1.29, 1.82) is 0 Å². The molecule has 4 nitrogen and oxygen atoms in total. The molecular weight excluding hydrogens is 298 g/mol. The van der Waals surface area contributed by atoms with Crippen molar-refractivity contribution in [2.45, 2.75) is 18.7 Å². The third-order valence-corrected chi connectivity index (χ3v) is 4.35. The van der Waals surface area contributed by atoms with Gasteiger partial charge in [-0.1, -0.05) is 17.7 Å². The Balaban J connectivity index is 2.46. The quantitative estimate of drug-likeness (QED) is 0.856. The van der Waals surface area contributed by atoms with Crippen LogP contribution in [-0.2, 0) is 10.0 Å². The number of nitrogens with two attached hydrogens (primary N) is 1. The standard InChI is InChI=1S/C14H14F2N2O2S/c1-8-3-4-13(9(2)5-8)18-21(19,20)14-7-12(17)10(15)6-11(14)16/h3-7,18H,17H2,1-2H3. The van der Waals surface area contributed by atoms with Crippen LogP contribution in [0.1, 0.15) is 11.1 Å². The second kappa shape index (κ2) is 5.33. The van der Waals surface area contributed by atoms with Crippen LogP contribution in [0.15, 0.2) is 35.2 Å². The lowest BCUT2D eigenvalue weighted by atomic mass is 10.1. The number of hydrogen-bond donors (Lipinski definition) is 2. The molecule has 0 amide bonds. The van der Waals surface area contributed by atoms with Gasteiger partial charge in [0.05, 0.1) is 11.4 Å². The fourth-order valence-corrected chi connectivity index (χ4v) is 3.10. The molecule has 0 aliphatic rings. The molecule has 0 spiro atoms. The monoisotopic (exact) mass is 312 g/mol. The van der Waals surface area contributed by atoms with Crippen molar-refractivity contribution in [3.05, 3.63) is 53.1 Å². The molecule has 0 bridgehead atoms. The summed E-state index contributed by atoms with van der Waals surface area (Å²) in [7, 11) is -4.19. The molecule has 0 aromatic heterocycles. The minimum Gasteiger partial charge on any atom is -0.396 e. The molecule has 3 N–H and O–H groups in total. The Hall–Kier alpha value is -2.15. The first kappa shape index (κ1) is 15.2. The number of nitrogen functional groups attached to an aromatic ring is 1. The molecule has 0 unspecified atom stereocenters. The molecule has 0 aliphatic carbocycles. The Kier molecular flexibility index (Phi) is 3.87. The van der Waals surface area contributed by atoms with Gasteiger partial charge >= 0.3 is 0 Å². The summed E-state index contributed by atoms with van der Waals surface area (Å²) in [5.74, 6) is -2.20. The number of anilines is 2. The first-order valence-electron chi connectivity index (χ1n) is 6.05. The van der Waals surface area contributed by atoms with E-state index in [9.17, 15) is 17.2 Å². The van der Waals surface area contributed by atoms with Crippen molar-refractivity contribution in [3.8, 4) is 0 Å². The van der Waals surface area contributed by atoms with E-state index in [1.807, 2.05) is 6.92 Å². The van der Waals surface area contributed by atoms with Crippen LogP contribution in [0.25, 0.3) is 0 Å². The van der Waals surface area contributed by atoms with Crippen LogP contribution in [0.2, 0.25) is 0 Å². The number of sulfonamides is 1. The lowest BCUT2D eigenvalue weighted by molar-refractivity contribution is 0.553. The Bertz CT molecular complexity index is 805. The minimum atomic E-state index is -4.19. The topological polar surface area (TPSA) is 72.2 Å². The smallest absolute Gasteiger partial charge is 0.264 e. The van der Waals surface area contributed by atoms with E-state index in [2.05, 4.69) is 4.72 Å². The van der Waals surface area contributed by atoms with Crippen molar-refractivity contribution in [3.63, 3.8) is 0 Å². The predicted octanol–water partition coefficient (Wildman–Crippen LogP) is 2.96. The average molecular weight is 312 g/mol. The number of nitrogens with one attached hydrogen (secondary N) is 1. The van der Waals surface area contributed by atoms with Gasteiger partial charge in [-0.15, -0.1) is 0 Å². The highest BCUT2D eigenvalue weighted by atomic mass is 32.2. The fourth-order valence-electron chi connectivity index (χ4n) is 1.88. The summed E-state index contributed by atoms with van der Waals surface area (Å²) in [6, 6.07) is 6.29. The maximum atomic E-state index is 13.7. The van der Waals surface area contributed by atoms with Gasteiger partial charge in [-0.2, -0.15) is 0 Å². The summed E-state index contributed by atoms with van der Waals surface area (Å²) in [5, 5.41) is 0. The van der Waals surface area contributed by atoms with Gasteiger partial charge in [0, 0.05) is 6.07 Å². The largest absolute Gasteiger partial charge is 0.396 e. The first-order valence-corrected chi connectivity index (χ1v) is 7.53. The summed E-state index contributed by atoms with van der Waals surface area (Å²) in [4.78, 5) is -0.693. The van der Waals surface area contributed by atoms with E-state index in [0.29, 0.717) is 17.3 Å². The van der Waals surface area contributed by atoms with E-state index in [4.69, 9.17) is 5.73 Å². The Morgan fingerprint density at radius 2 is 1.71 bits per heavy atom. The van der Waals surface area contributed by atoms with Gasteiger partial charge in [0.25, 0.3) is 10.0 Å². The van der Waals surface area contributed by atoms with E-state index in [1.54, 1.807) is 25.1 Å². The molecule has 2 aromatic carbocycles. The van der Waals surface area contributed by atoms with E-state index in [1.165, 1.54) is 0 Å². The molecule has 0 saturated heterocycles. The summed E-state index contributed by atoms with van der Waals surface area (Å²) in [6.07, 6.45) is 0. The Labute approximate surface area is 121 Å². The van der Waals surface area contributed by atoms with Gasteiger partial charge in [-0.05, 0) is 31.5 Å². The van der Waals surface area contributed by atoms with Gasteiger partial charge in [0.15, 0.2) is 0 Å². The normalized spacial score (nSPS) is 11.4. The zero-order valence-corrected chi connectivity index (χ0v) is 12.3. The Morgan fingerprint density at radius 3 is 2.33 bits per heavy atom. The van der Waals surface area contributed by atoms with Gasteiger partial charge in [-0.3, -0.25) is 4.72 Å². The second-order valence-electron chi connectivity index (χ2n) is 4.73. The molecule has 2 aromatic rings. The van der Waals surface area contributed by atoms with Crippen molar-refractivity contribution >= 4 is 21.4 Å². The third-order valence-electron chi connectivity index (χ3n) is 2.97. The van der Waals surface area contributed by atoms with Crippen LogP contribution >= 0.6 is 0 Å². The van der Waals surface area contributed by atoms with E-state index in [0.717, 1.165) is 11.6 Å². The van der Waals surface area contributed by atoms with Crippen molar-refractivity contribution in [1.82, 2.24) is 0 Å². The van der Waals surface area contributed by atoms with E-state index >= 15 is 0 Å². The molecule has 0 fully saturated rings. The second-order valence-corrected chi connectivity index (χ2v) is 6.38. The maximum absolute atomic E-state index is 13.7. The van der Waals surface area contributed by atoms with Crippen LogP contribution in [0.4, 0.5) is 20.2 Å². The number of rotatable bonds is 3. The number of benzene rings is 2.